The Bertz CT molecular complexity index is 831. The van der Waals surface area contributed by atoms with E-state index in [0.717, 1.165) is 5.56 Å². The summed E-state index contributed by atoms with van der Waals surface area (Å²) in [6, 6.07) is 9.65. The Kier molecular flexibility index (Phi) is 6.94. The highest BCUT2D eigenvalue weighted by atomic mass is 16.8. The molecule has 9 atom stereocenters. The van der Waals surface area contributed by atoms with Crippen LogP contribution < -0.4 is 0 Å². The van der Waals surface area contributed by atoms with Gasteiger partial charge in [0.2, 0.25) is 5.60 Å². The van der Waals surface area contributed by atoms with E-state index in [9.17, 15) is 40.2 Å². The lowest BCUT2D eigenvalue weighted by atomic mass is 9.85. The first-order chi connectivity index (χ1) is 14.9. The first kappa shape index (κ1) is 24.6. The Morgan fingerprint density at radius 1 is 1.06 bits per heavy atom. The number of fused-ring (bicyclic) bond motifs is 2. The molecule has 0 spiro atoms. The summed E-state index contributed by atoms with van der Waals surface area (Å²) < 4.78 is 10.8. The van der Waals surface area contributed by atoms with Gasteiger partial charge in [-0.2, -0.15) is 0 Å². The zero-order valence-corrected chi connectivity index (χ0v) is 17.9. The fourth-order valence-electron chi connectivity index (χ4n) is 4.67. The largest absolute Gasteiger partial charge is 0.479 e. The number of hydrogen-bond acceptors (Lipinski definition) is 8. The number of carboxylic acids is 2. The summed E-state index contributed by atoms with van der Waals surface area (Å²) in [5.41, 5.74) is -2.01. The van der Waals surface area contributed by atoms with Crippen molar-refractivity contribution in [2.24, 2.45) is 11.8 Å². The lowest BCUT2D eigenvalue weighted by Gasteiger charge is -2.44. The number of ether oxygens (including phenoxy) is 2. The summed E-state index contributed by atoms with van der Waals surface area (Å²) in [7, 11) is 0. The highest BCUT2D eigenvalue weighted by molar-refractivity contribution is 5.88. The van der Waals surface area contributed by atoms with Crippen LogP contribution in [0.25, 0.3) is 0 Å². The van der Waals surface area contributed by atoms with Crippen LogP contribution >= 0.6 is 0 Å². The van der Waals surface area contributed by atoms with Crippen LogP contribution in [0.1, 0.15) is 32.3 Å². The van der Waals surface area contributed by atoms with Crippen LogP contribution in [0.4, 0.5) is 0 Å². The molecule has 0 amide bonds. The standard InChI is InChI=1S/C22H30O10/c1-11(14(23)12(2)10-13-6-4-3-5-7-13)8-9-21-16(25)15(24)17(31-21)22(30,20(28)29)18(32-21)19(26)27/h3-7,11-12,14-18,23-25,30H,8-10H2,1-2H3,(H,26,27)(H,28,29). The highest BCUT2D eigenvalue weighted by Gasteiger charge is 2.73. The molecule has 9 unspecified atom stereocenters. The number of carboxylic acid groups (broad SMARTS) is 2. The van der Waals surface area contributed by atoms with Crippen molar-refractivity contribution >= 4 is 11.9 Å². The van der Waals surface area contributed by atoms with E-state index in [0.29, 0.717) is 6.42 Å². The van der Waals surface area contributed by atoms with Crippen molar-refractivity contribution in [3.8, 4) is 0 Å². The van der Waals surface area contributed by atoms with Crippen molar-refractivity contribution in [3.05, 3.63) is 35.9 Å². The lowest BCUT2D eigenvalue weighted by molar-refractivity contribution is -0.352. The van der Waals surface area contributed by atoms with Crippen molar-refractivity contribution in [1.29, 1.82) is 0 Å². The molecule has 3 rings (SSSR count). The summed E-state index contributed by atoms with van der Waals surface area (Å²) >= 11 is 0. The number of aliphatic hydroxyl groups is 4. The van der Waals surface area contributed by atoms with Crippen LogP contribution in [0.3, 0.4) is 0 Å². The van der Waals surface area contributed by atoms with Crippen LogP contribution in [-0.4, -0.2) is 84.5 Å². The van der Waals surface area contributed by atoms with E-state index in [1.54, 1.807) is 6.92 Å². The molecule has 0 aromatic heterocycles. The molecule has 0 radical (unpaired) electrons. The van der Waals surface area contributed by atoms with Gasteiger partial charge in [0, 0.05) is 6.42 Å². The van der Waals surface area contributed by atoms with Gasteiger partial charge in [-0.25, -0.2) is 9.59 Å². The summed E-state index contributed by atoms with van der Waals surface area (Å²) in [4.78, 5) is 23.3. The van der Waals surface area contributed by atoms with E-state index in [4.69, 9.17) is 9.47 Å². The average Bonchev–Trinajstić information content (AvgIpc) is 2.97. The van der Waals surface area contributed by atoms with Gasteiger partial charge in [-0.1, -0.05) is 44.2 Å². The van der Waals surface area contributed by atoms with Gasteiger partial charge in [0.25, 0.3) is 0 Å². The average molecular weight is 454 g/mol. The van der Waals surface area contributed by atoms with E-state index in [1.165, 1.54) is 0 Å². The second-order valence-corrected chi connectivity index (χ2v) is 8.93. The van der Waals surface area contributed by atoms with Gasteiger partial charge in [-0.3, -0.25) is 0 Å². The number of aliphatic hydroxyl groups excluding tert-OH is 3. The molecular formula is C22H30O10. The molecule has 10 heteroatoms. The van der Waals surface area contributed by atoms with Crippen LogP contribution in [0.5, 0.6) is 0 Å². The van der Waals surface area contributed by atoms with Gasteiger partial charge in [0.15, 0.2) is 11.9 Å². The SMILES string of the molecule is CC(CCC12OC(C(=O)O)C(O)(C(=O)O)C(O1)C(O)C2O)C(O)C(C)Cc1ccccc1. The van der Waals surface area contributed by atoms with Gasteiger partial charge >= 0.3 is 11.9 Å². The topological polar surface area (TPSA) is 174 Å². The van der Waals surface area contributed by atoms with E-state index in [-0.39, 0.29) is 24.7 Å². The molecule has 6 N–H and O–H groups in total. The third-order valence-corrected chi connectivity index (χ3v) is 6.64. The number of hydrogen-bond donors (Lipinski definition) is 6. The Labute approximate surface area is 185 Å². The number of benzene rings is 1. The quantitative estimate of drug-likeness (QED) is 0.292. The Balaban J connectivity index is 1.72. The van der Waals surface area contributed by atoms with Gasteiger partial charge in [0.1, 0.15) is 18.3 Å². The van der Waals surface area contributed by atoms with Gasteiger partial charge in [-0.15, -0.1) is 0 Å². The van der Waals surface area contributed by atoms with Crippen LogP contribution in [0.2, 0.25) is 0 Å². The van der Waals surface area contributed by atoms with Gasteiger partial charge in [0.05, 0.1) is 6.10 Å². The molecule has 2 aliphatic heterocycles. The molecule has 2 saturated heterocycles. The fraction of sp³-hybridized carbons (Fsp3) is 0.636. The van der Waals surface area contributed by atoms with E-state index >= 15 is 0 Å². The summed E-state index contributed by atoms with van der Waals surface area (Å²) in [5, 5.41) is 61.0. The predicted molar refractivity (Wildman–Crippen MR) is 108 cm³/mol. The smallest absolute Gasteiger partial charge is 0.342 e. The molecule has 32 heavy (non-hydrogen) atoms. The Morgan fingerprint density at radius 2 is 1.69 bits per heavy atom. The van der Waals surface area contributed by atoms with Crippen LogP contribution in [0, 0.1) is 11.8 Å². The molecule has 2 bridgehead atoms. The molecule has 1 aromatic carbocycles. The minimum Gasteiger partial charge on any atom is -0.479 e. The van der Waals surface area contributed by atoms with Gasteiger partial charge < -0.3 is 40.1 Å². The van der Waals surface area contributed by atoms with E-state index in [1.807, 2.05) is 37.3 Å². The third-order valence-electron chi connectivity index (χ3n) is 6.64. The summed E-state index contributed by atoms with van der Waals surface area (Å²) in [6.45, 7) is 3.68. The van der Waals surface area contributed by atoms with E-state index in [2.05, 4.69) is 0 Å². The monoisotopic (exact) mass is 454 g/mol. The first-order valence-corrected chi connectivity index (χ1v) is 10.6. The number of carbonyl (C=O) groups is 2. The van der Waals surface area contributed by atoms with Crippen molar-refractivity contribution < 1.29 is 49.7 Å². The molecule has 0 aliphatic carbocycles. The maximum Gasteiger partial charge on any atom is 0.342 e. The Morgan fingerprint density at radius 3 is 2.25 bits per heavy atom. The molecular weight excluding hydrogens is 424 g/mol. The molecule has 0 saturated carbocycles. The highest BCUT2D eigenvalue weighted by Crippen LogP contribution is 2.48. The normalized spacial score (nSPS) is 36.9. The fourth-order valence-corrected chi connectivity index (χ4v) is 4.67. The van der Waals surface area contributed by atoms with E-state index < -0.39 is 53.8 Å². The number of aliphatic carboxylic acids is 2. The molecule has 178 valence electrons. The van der Waals surface area contributed by atoms with Crippen molar-refractivity contribution in [1.82, 2.24) is 0 Å². The van der Waals surface area contributed by atoms with Gasteiger partial charge in [-0.05, 0) is 30.2 Å². The molecule has 2 aliphatic rings. The minimum absolute atomic E-state index is 0.103. The minimum atomic E-state index is -3.08. The maximum atomic E-state index is 11.7. The zero-order valence-electron chi connectivity index (χ0n) is 17.9. The van der Waals surface area contributed by atoms with Crippen molar-refractivity contribution in [3.63, 3.8) is 0 Å². The summed E-state index contributed by atoms with van der Waals surface area (Å²) in [5.74, 6) is -6.16. The summed E-state index contributed by atoms with van der Waals surface area (Å²) in [6.07, 6.45) is -7.83. The van der Waals surface area contributed by atoms with Crippen molar-refractivity contribution in [2.45, 2.75) is 75.0 Å². The lowest BCUT2D eigenvalue weighted by Crippen LogP contribution is -2.68. The van der Waals surface area contributed by atoms with Crippen LogP contribution in [-0.2, 0) is 25.5 Å². The molecule has 2 heterocycles. The first-order valence-electron chi connectivity index (χ1n) is 10.6. The third kappa shape index (κ3) is 4.14. The second kappa shape index (κ2) is 9.05. The predicted octanol–water partition coefficient (Wildman–Crippen LogP) is -0.242. The maximum absolute atomic E-state index is 11.7. The van der Waals surface area contributed by atoms with Crippen LogP contribution in [0.15, 0.2) is 30.3 Å². The van der Waals surface area contributed by atoms with Crippen molar-refractivity contribution in [2.75, 3.05) is 0 Å². The molecule has 2 fully saturated rings. The molecule has 1 aromatic rings. The Hall–Kier alpha value is -2.08. The number of rotatable bonds is 9. The molecule has 10 nitrogen and oxygen atoms in total. The second-order valence-electron chi connectivity index (χ2n) is 8.93. The zero-order chi connectivity index (χ0) is 23.8.